The van der Waals surface area contributed by atoms with E-state index in [4.69, 9.17) is 16.3 Å². The van der Waals surface area contributed by atoms with Crippen LogP contribution in [0.5, 0.6) is 0 Å². The molecular weight excluding hydrogens is 327 g/mol. The molecule has 1 radical (unpaired) electrons. The van der Waals surface area contributed by atoms with Crippen LogP contribution in [0.1, 0.15) is 40.2 Å². The summed E-state index contributed by atoms with van der Waals surface area (Å²) in [6.07, 6.45) is 0. The lowest BCUT2D eigenvalue weighted by Crippen LogP contribution is -2.45. The summed E-state index contributed by atoms with van der Waals surface area (Å²) >= 11 is 10.9. The molecule has 0 aromatic heterocycles. The Balaban J connectivity index is 3.03. The molecule has 0 spiro atoms. The normalized spacial score (nSPS) is 13.3. The molecule has 0 aliphatic carbocycles. The average molecular weight is 350 g/mol. The van der Waals surface area contributed by atoms with Gasteiger partial charge in [-0.15, -0.1) is 0 Å². The summed E-state index contributed by atoms with van der Waals surface area (Å²) in [5.41, 5.74) is 2.53. The number of nitrogens with zero attached hydrogens (tertiary/aromatic N) is 2. The Morgan fingerprint density at radius 3 is 2.26 bits per heavy atom. The zero-order valence-corrected chi connectivity index (χ0v) is 16.0. The molecule has 1 rings (SSSR count). The smallest absolute Gasteiger partial charge is 0.332 e. The van der Waals surface area contributed by atoms with Crippen molar-refractivity contribution in [2.45, 2.75) is 45.0 Å². The van der Waals surface area contributed by atoms with Crippen molar-refractivity contribution < 1.29 is 4.65 Å². The Morgan fingerprint density at radius 1 is 1.22 bits per heavy atom. The van der Waals surface area contributed by atoms with Crippen LogP contribution in [0, 0.1) is 0 Å². The van der Waals surface area contributed by atoms with Crippen LogP contribution in [0.3, 0.4) is 0 Å². The molecule has 0 saturated carbocycles. The van der Waals surface area contributed by atoms with Gasteiger partial charge in [0.15, 0.2) is 0 Å². The second-order valence-electron chi connectivity index (χ2n) is 6.29. The van der Waals surface area contributed by atoms with E-state index in [1.807, 2.05) is 52.8 Å². The molecule has 0 atom stereocenters. The number of aliphatic imine (C=N–C) groups is 2. The number of rotatable bonds is 7. The van der Waals surface area contributed by atoms with E-state index in [1.165, 1.54) is 0 Å². The number of benzene rings is 1. The summed E-state index contributed by atoms with van der Waals surface area (Å²) < 4.78 is 5.59. The van der Waals surface area contributed by atoms with Gasteiger partial charge in [0, 0.05) is 15.3 Å². The number of allylic oxidation sites excluding steroid dienone is 1. The third-order valence-electron chi connectivity index (χ3n) is 3.97. The molecule has 1 aromatic carbocycles. The molecule has 0 heterocycles. The standard InChI is InChI=1S/C17H23BClN2OS/c1-11(20-6)15(21-7)12-8-9-13(14(19)10-12)18-22-16(2,3)17(4,5)23/h8-10,23H,6-7H2,1-5H3/b15-11-. The van der Waals surface area contributed by atoms with E-state index in [1.54, 1.807) is 7.48 Å². The van der Waals surface area contributed by atoms with Crippen LogP contribution in [0.2, 0.25) is 5.02 Å². The van der Waals surface area contributed by atoms with E-state index in [2.05, 4.69) is 36.0 Å². The van der Waals surface area contributed by atoms with Gasteiger partial charge < -0.3 is 4.65 Å². The van der Waals surface area contributed by atoms with Gasteiger partial charge in [0.1, 0.15) is 0 Å². The fourth-order valence-corrected chi connectivity index (χ4v) is 1.89. The fourth-order valence-electron chi connectivity index (χ4n) is 1.61. The molecule has 0 N–H and O–H groups in total. The predicted molar refractivity (Wildman–Crippen MR) is 107 cm³/mol. The van der Waals surface area contributed by atoms with Crippen molar-refractivity contribution in [3.8, 4) is 0 Å². The summed E-state index contributed by atoms with van der Waals surface area (Å²) in [4.78, 5) is 7.90. The lowest BCUT2D eigenvalue weighted by atomic mass is 9.83. The highest BCUT2D eigenvalue weighted by Crippen LogP contribution is 2.30. The zero-order valence-electron chi connectivity index (χ0n) is 14.4. The Hall–Kier alpha value is -1.04. The van der Waals surface area contributed by atoms with Crippen molar-refractivity contribution in [2.75, 3.05) is 0 Å². The summed E-state index contributed by atoms with van der Waals surface area (Å²) in [6, 6.07) is 5.59. The summed E-state index contributed by atoms with van der Waals surface area (Å²) in [5, 5.41) is 0.563. The first-order valence-electron chi connectivity index (χ1n) is 7.21. The van der Waals surface area contributed by atoms with Crippen LogP contribution in [0.4, 0.5) is 0 Å². The molecule has 6 heteroatoms. The van der Waals surface area contributed by atoms with Gasteiger partial charge in [0.2, 0.25) is 0 Å². The van der Waals surface area contributed by atoms with E-state index in [0.29, 0.717) is 16.4 Å². The third kappa shape index (κ3) is 4.97. The van der Waals surface area contributed by atoms with Gasteiger partial charge in [-0.2, -0.15) is 12.6 Å². The Kier molecular flexibility index (Phi) is 6.69. The van der Waals surface area contributed by atoms with Crippen molar-refractivity contribution in [3.05, 3.63) is 34.5 Å². The van der Waals surface area contributed by atoms with Crippen LogP contribution in [-0.4, -0.2) is 31.3 Å². The van der Waals surface area contributed by atoms with E-state index in [9.17, 15) is 0 Å². The van der Waals surface area contributed by atoms with Crippen molar-refractivity contribution in [1.82, 2.24) is 0 Å². The van der Waals surface area contributed by atoms with E-state index in [0.717, 1.165) is 11.0 Å². The fraction of sp³-hybridized carbons (Fsp3) is 0.412. The SMILES string of the molecule is C=N/C(C)=C(\N=C)c1ccc([B]OC(C)(C)C(C)(C)S)c(Cl)c1. The van der Waals surface area contributed by atoms with Gasteiger partial charge in [-0.1, -0.05) is 23.7 Å². The highest BCUT2D eigenvalue weighted by atomic mass is 35.5. The maximum absolute atomic E-state index is 6.36. The summed E-state index contributed by atoms with van der Waals surface area (Å²) in [7, 11) is 1.66. The molecule has 0 saturated heterocycles. The molecule has 0 fully saturated rings. The Labute approximate surface area is 150 Å². The van der Waals surface area contributed by atoms with E-state index in [-0.39, 0.29) is 4.75 Å². The van der Waals surface area contributed by atoms with Gasteiger partial charge in [0.05, 0.1) is 17.0 Å². The third-order valence-corrected chi connectivity index (χ3v) is 4.83. The maximum atomic E-state index is 6.36. The second kappa shape index (κ2) is 7.69. The maximum Gasteiger partial charge on any atom is 0.332 e. The van der Waals surface area contributed by atoms with Crippen LogP contribution < -0.4 is 5.46 Å². The van der Waals surface area contributed by atoms with Gasteiger partial charge in [-0.05, 0) is 59.6 Å². The largest absolute Gasteiger partial charge is 0.428 e. The van der Waals surface area contributed by atoms with Crippen LogP contribution >= 0.6 is 24.2 Å². The molecule has 0 amide bonds. The highest BCUT2D eigenvalue weighted by Gasteiger charge is 2.34. The topological polar surface area (TPSA) is 34.0 Å². The molecule has 0 bridgehead atoms. The second-order valence-corrected chi connectivity index (χ2v) is 7.82. The van der Waals surface area contributed by atoms with Crippen molar-refractivity contribution in [1.29, 1.82) is 0 Å². The first-order valence-corrected chi connectivity index (χ1v) is 8.03. The van der Waals surface area contributed by atoms with Crippen LogP contribution in [0.25, 0.3) is 5.70 Å². The minimum Gasteiger partial charge on any atom is -0.428 e. The minimum absolute atomic E-state index is 0.300. The van der Waals surface area contributed by atoms with Crippen LogP contribution in [-0.2, 0) is 4.65 Å². The highest BCUT2D eigenvalue weighted by molar-refractivity contribution is 7.81. The first kappa shape index (κ1) is 20.0. The van der Waals surface area contributed by atoms with Gasteiger partial charge in [-0.25, -0.2) is 0 Å². The summed E-state index contributed by atoms with van der Waals surface area (Å²) in [5.74, 6) is 0. The van der Waals surface area contributed by atoms with Gasteiger partial charge in [0.25, 0.3) is 0 Å². The first-order chi connectivity index (χ1) is 10.5. The molecule has 23 heavy (non-hydrogen) atoms. The number of thiol groups is 1. The number of hydrogen-bond donors (Lipinski definition) is 1. The average Bonchev–Trinajstić information content (AvgIpc) is 2.45. The van der Waals surface area contributed by atoms with E-state index < -0.39 is 5.60 Å². The lowest BCUT2D eigenvalue weighted by Gasteiger charge is -2.38. The van der Waals surface area contributed by atoms with Crippen molar-refractivity contribution in [3.63, 3.8) is 0 Å². The lowest BCUT2D eigenvalue weighted by molar-refractivity contribution is 0.0855. The monoisotopic (exact) mass is 349 g/mol. The molecule has 1 aromatic rings. The van der Waals surface area contributed by atoms with Crippen molar-refractivity contribution >= 4 is 56.3 Å². The van der Waals surface area contributed by atoms with Crippen molar-refractivity contribution in [2.24, 2.45) is 9.98 Å². The zero-order chi connectivity index (χ0) is 17.8. The predicted octanol–water partition coefficient (Wildman–Crippen LogP) is 4.18. The molecule has 123 valence electrons. The van der Waals surface area contributed by atoms with Crippen LogP contribution in [0.15, 0.2) is 33.9 Å². The molecule has 0 unspecified atom stereocenters. The molecule has 0 aliphatic heterocycles. The van der Waals surface area contributed by atoms with E-state index >= 15 is 0 Å². The molecule has 0 aliphatic rings. The molecule has 3 nitrogen and oxygen atoms in total. The summed E-state index contributed by atoms with van der Waals surface area (Å²) in [6.45, 7) is 16.9. The molecular formula is C17H23BClN2OS. The number of halogens is 1. The quantitative estimate of drug-likeness (QED) is 0.447. The number of hydrogen-bond acceptors (Lipinski definition) is 4. The Morgan fingerprint density at radius 2 is 1.83 bits per heavy atom. The van der Waals surface area contributed by atoms with Gasteiger partial charge >= 0.3 is 7.48 Å². The van der Waals surface area contributed by atoms with Gasteiger partial charge in [-0.3, -0.25) is 9.98 Å². The minimum atomic E-state index is -0.449. The Bertz CT molecular complexity index is 636.